The highest BCUT2D eigenvalue weighted by Gasteiger charge is 2.08. The van der Waals surface area contributed by atoms with Crippen molar-refractivity contribution < 1.29 is 9.47 Å². The lowest BCUT2D eigenvalue weighted by atomic mass is 10.1. The van der Waals surface area contributed by atoms with Crippen LogP contribution in [0.1, 0.15) is 0 Å². The topological polar surface area (TPSA) is 31.4 Å². The SMILES string of the molecule is COc1cc2cc(-c3cccs3)cnc2cc1OC. The maximum atomic E-state index is 5.32. The molecule has 19 heavy (non-hydrogen) atoms. The average molecular weight is 271 g/mol. The van der Waals surface area contributed by atoms with Gasteiger partial charge in [0.05, 0.1) is 19.7 Å². The maximum Gasteiger partial charge on any atom is 0.162 e. The standard InChI is InChI=1S/C15H13NO2S/c1-17-13-7-10-6-11(15-4-3-5-19-15)9-16-12(10)8-14(13)18-2/h3-9H,1-2H3. The molecule has 0 aliphatic carbocycles. The van der Waals surface area contributed by atoms with E-state index < -0.39 is 0 Å². The lowest BCUT2D eigenvalue weighted by Gasteiger charge is -2.09. The van der Waals surface area contributed by atoms with Crippen LogP contribution >= 0.6 is 11.3 Å². The Hall–Kier alpha value is -2.07. The Kier molecular flexibility index (Phi) is 3.09. The molecule has 0 N–H and O–H groups in total. The first kappa shape index (κ1) is 12.0. The molecule has 0 aliphatic heterocycles. The van der Waals surface area contributed by atoms with Gasteiger partial charge in [-0.05, 0) is 23.6 Å². The fraction of sp³-hybridized carbons (Fsp3) is 0.133. The first-order valence-corrected chi connectivity index (χ1v) is 6.75. The predicted molar refractivity (Wildman–Crippen MR) is 78.2 cm³/mol. The van der Waals surface area contributed by atoms with Crippen molar-refractivity contribution in [3.8, 4) is 21.9 Å². The van der Waals surface area contributed by atoms with Gasteiger partial charge in [0, 0.05) is 28.1 Å². The highest BCUT2D eigenvalue weighted by molar-refractivity contribution is 7.13. The fourth-order valence-corrected chi connectivity index (χ4v) is 2.74. The maximum absolute atomic E-state index is 5.32. The zero-order chi connectivity index (χ0) is 13.2. The van der Waals surface area contributed by atoms with Crippen LogP contribution in [0, 0.1) is 0 Å². The summed E-state index contributed by atoms with van der Waals surface area (Å²) in [7, 11) is 3.27. The van der Waals surface area contributed by atoms with E-state index >= 15 is 0 Å². The number of hydrogen-bond donors (Lipinski definition) is 0. The van der Waals surface area contributed by atoms with Gasteiger partial charge in [0.25, 0.3) is 0 Å². The number of ether oxygens (including phenoxy) is 2. The van der Waals surface area contributed by atoms with E-state index in [9.17, 15) is 0 Å². The predicted octanol–water partition coefficient (Wildman–Crippen LogP) is 3.98. The fourth-order valence-electron chi connectivity index (χ4n) is 2.03. The molecule has 0 saturated carbocycles. The minimum Gasteiger partial charge on any atom is -0.493 e. The van der Waals surface area contributed by atoms with Crippen LogP contribution in [-0.4, -0.2) is 19.2 Å². The molecule has 3 aromatic rings. The summed E-state index contributed by atoms with van der Waals surface area (Å²) < 4.78 is 10.6. The van der Waals surface area contributed by atoms with Gasteiger partial charge in [-0.15, -0.1) is 11.3 Å². The van der Waals surface area contributed by atoms with E-state index in [1.54, 1.807) is 25.6 Å². The van der Waals surface area contributed by atoms with Crippen LogP contribution in [0.4, 0.5) is 0 Å². The Morgan fingerprint density at radius 2 is 1.84 bits per heavy atom. The summed E-state index contributed by atoms with van der Waals surface area (Å²) in [6.45, 7) is 0. The smallest absolute Gasteiger partial charge is 0.162 e. The molecule has 0 radical (unpaired) electrons. The molecule has 0 fully saturated rings. The van der Waals surface area contributed by atoms with Crippen molar-refractivity contribution in [3.05, 3.63) is 41.9 Å². The Balaban J connectivity index is 2.17. The van der Waals surface area contributed by atoms with Gasteiger partial charge in [0.2, 0.25) is 0 Å². The summed E-state index contributed by atoms with van der Waals surface area (Å²) in [6, 6.07) is 10.1. The third kappa shape index (κ3) is 2.15. The summed E-state index contributed by atoms with van der Waals surface area (Å²) >= 11 is 1.71. The summed E-state index contributed by atoms with van der Waals surface area (Å²) in [5.41, 5.74) is 2.02. The highest BCUT2D eigenvalue weighted by Crippen LogP contribution is 2.33. The molecule has 3 nitrogen and oxygen atoms in total. The van der Waals surface area contributed by atoms with Gasteiger partial charge in [-0.25, -0.2) is 0 Å². The van der Waals surface area contributed by atoms with Crippen LogP contribution in [-0.2, 0) is 0 Å². The van der Waals surface area contributed by atoms with Crippen molar-refractivity contribution in [1.29, 1.82) is 0 Å². The number of fused-ring (bicyclic) bond motifs is 1. The van der Waals surface area contributed by atoms with Crippen LogP contribution < -0.4 is 9.47 Å². The molecule has 96 valence electrons. The van der Waals surface area contributed by atoms with Crippen molar-refractivity contribution in [2.75, 3.05) is 14.2 Å². The van der Waals surface area contributed by atoms with E-state index in [1.807, 2.05) is 24.4 Å². The van der Waals surface area contributed by atoms with Crippen molar-refractivity contribution in [3.63, 3.8) is 0 Å². The van der Waals surface area contributed by atoms with Crippen molar-refractivity contribution in [2.45, 2.75) is 0 Å². The van der Waals surface area contributed by atoms with Gasteiger partial charge in [-0.3, -0.25) is 4.98 Å². The third-order valence-electron chi connectivity index (χ3n) is 2.99. The third-order valence-corrected chi connectivity index (χ3v) is 3.91. The normalized spacial score (nSPS) is 10.6. The summed E-state index contributed by atoms with van der Waals surface area (Å²) in [6.07, 6.45) is 1.89. The molecule has 4 heteroatoms. The quantitative estimate of drug-likeness (QED) is 0.722. The zero-order valence-electron chi connectivity index (χ0n) is 10.7. The molecule has 3 rings (SSSR count). The van der Waals surface area contributed by atoms with Gasteiger partial charge in [-0.2, -0.15) is 0 Å². The molecule has 0 unspecified atom stereocenters. The van der Waals surface area contributed by atoms with Crippen LogP contribution in [0.5, 0.6) is 11.5 Å². The molecule has 0 aliphatic rings. The number of hydrogen-bond acceptors (Lipinski definition) is 4. The van der Waals surface area contributed by atoms with Crippen LogP contribution in [0.3, 0.4) is 0 Å². The van der Waals surface area contributed by atoms with Gasteiger partial charge in [0.1, 0.15) is 0 Å². The Labute approximate surface area is 115 Å². The molecule has 0 bridgehead atoms. The van der Waals surface area contributed by atoms with Gasteiger partial charge >= 0.3 is 0 Å². The molecule has 0 spiro atoms. The summed E-state index contributed by atoms with van der Waals surface area (Å²) in [4.78, 5) is 5.70. The second-order valence-corrected chi connectivity index (χ2v) is 5.05. The molecule has 0 saturated heterocycles. The minimum absolute atomic E-state index is 0.700. The number of nitrogens with zero attached hydrogens (tertiary/aromatic N) is 1. The lowest BCUT2D eigenvalue weighted by molar-refractivity contribution is 0.356. The van der Waals surface area contributed by atoms with Crippen molar-refractivity contribution in [1.82, 2.24) is 4.98 Å². The molecular weight excluding hydrogens is 258 g/mol. The van der Waals surface area contributed by atoms with E-state index in [0.29, 0.717) is 5.75 Å². The number of aromatic nitrogens is 1. The van der Waals surface area contributed by atoms with Crippen molar-refractivity contribution in [2.24, 2.45) is 0 Å². The monoisotopic (exact) mass is 271 g/mol. The highest BCUT2D eigenvalue weighted by atomic mass is 32.1. The first-order chi connectivity index (χ1) is 9.31. The number of rotatable bonds is 3. The van der Waals surface area contributed by atoms with E-state index in [2.05, 4.69) is 22.5 Å². The molecule has 1 aromatic carbocycles. The van der Waals surface area contributed by atoms with Gasteiger partial charge < -0.3 is 9.47 Å². The average Bonchev–Trinajstić information content (AvgIpc) is 2.99. The van der Waals surface area contributed by atoms with Crippen LogP contribution in [0.2, 0.25) is 0 Å². The second-order valence-electron chi connectivity index (χ2n) is 4.10. The minimum atomic E-state index is 0.700. The molecule has 0 amide bonds. The molecule has 2 heterocycles. The van der Waals surface area contributed by atoms with Gasteiger partial charge in [-0.1, -0.05) is 6.07 Å². The Morgan fingerprint density at radius 3 is 2.53 bits per heavy atom. The van der Waals surface area contributed by atoms with E-state index in [0.717, 1.165) is 22.2 Å². The second kappa shape index (κ2) is 4.90. The van der Waals surface area contributed by atoms with E-state index in [-0.39, 0.29) is 0 Å². The van der Waals surface area contributed by atoms with Crippen molar-refractivity contribution >= 4 is 22.2 Å². The number of thiophene rings is 1. The van der Waals surface area contributed by atoms with Crippen LogP contribution in [0.15, 0.2) is 41.9 Å². The zero-order valence-corrected chi connectivity index (χ0v) is 11.5. The summed E-state index contributed by atoms with van der Waals surface area (Å²) in [5, 5.41) is 3.11. The van der Waals surface area contributed by atoms with E-state index in [1.165, 1.54) is 4.88 Å². The molecular formula is C15H13NO2S. The van der Waals surface area contributed by atoms with Crippen LogP contribution in [0.25, 0.3) is 21.3 Å². The number of methoxy groups -OCH3 is 2. The summed E-state index contributed by atoms with van der Waals surface area (Å²) in [5.74, 6) is 1.42. The Morgan fingerprint density at radius 1 is 1.05 bits per heavy atom. The number of benzene rings is 1. The Bertz CT molecular complexity index is 707. The largest absolute Gasteiger partial charge is 0.493 e. The van der Waals surface area contributed by atoms with E-state index in [4.69, 9.17) is 9.47 Å². The molecule has 0 atom stereocenters. The first-order valence-electron chi connectivity index (χ1n) is 5.87. The lowest BCUT2D eigenvalue weighted by Crippen LogP contribution is -1.91. The number of pyridine rings is 1. The molecule has 2 aromatic heterocycles. The van der Waals surface area contributed by atoms with Gasteiger partial charge in [0.15, 0.2) is 11.5 Å².